The number of ether oxygens (including phenoxy) is 3. The van der Waals surface area contributed by atoms with Crippen molar-refractivity contribution < 1.29 is 19.0 Å². The van der Waals surface area contributed by atoms with Crippen LogP contribution in [0.15, 0.2) is 11.6 Å². The van der Waals surface area contributed by atoms with Crippen LogP contribution in [-0.4, -0.2) is 43.4 Å². The smallest absolute Gasteiger partial charge is 0.164 e. The lowest BCUT2D eigenvalue weighted by Gasteiger charge is -2.45. The number of carbonyl (C=O) groups excluding carboxylic acids is 1. The van der Waals surface area contributed by atoms with E-state index in [4.69, 9.17) is 14.2 Å². The molecule has 1 aliphatic carbocycles. The quantitative estimate of drug-likeness (QED) is 0.578. The molecule has 0 N–H and O–H groups in total. The molecule has 0 unspecified atom stereocenters. The van der Waals surface area contributed by atoms with Gasteiger partial charge >= 0.3 is 0 Å². The third-order valence-electron chi connectivity index (χ3n) is 4.75. The average Bonchev–Trinajstić information content (AvgIpc) is 3.12. The van der Waals surface area contributed by atoms with Crippen molar-refractivity contribution in [3.05, 3.63) is 11.6 Å². The Morgan fingerprint density at radius 3 is 2.57 bits per heavy atom. The Kier molecular flexibility index (Phi) is 4.62. The molecule has 0 aromatic rings. The van der Waals surface area contributed by atoms with Gasteiger partial charge in [-0.2, -0.15) is 0 Å². The van der Waals surface area contributed by atoms with Gasteiger partial charge in [0.1, 0.15) is 11.7 Å². The molecule has 21 heavy (non-hydrogen) atoms. The predicted molar refractivity (Wildman–Crippen MR) is 81.2 cm³/mol. The van der Waals surface area contributed by atoms with E-state index < -0.39 is 11.7 Å². The molecule has 2 rings (SSSR count). The molecule has 1 spiro atoms. The number of epoxide rings is 1. The summed E-state index contributed by atoms with van der Waals surface area (Å²) in [5.74, 6) is 0.0917. The summed E-state index contributed by atoms with van der Waals surface area (Å²) in [6, 6.07) is 0. The van der Waals surface area contributed by atoms with Gasteiger partial charge in [0.2, 0.25) is 0 Å². The van der Waals surface area contributed by atoms with Gasteiger partial charge in [0.25, 0.3) is 0 Å². The SMILES string of the molecule is CO[C@@H]1C(=O)[C@H](C)C[C@]2(CO2)[C@H]1C(C)(C)OCC=C(C)C. The highest BCUT2D eigenvalue weighted by Gasteiger charge is 2.65. The van der Waals surface area contributed by atoms with Crippen LogP contribution in [0.3, 0.4) is 0 Å². The summed E-state index contributed by atoms with van der Waals surface area (Å²) in [6.07, 6.45) is 2.38. The Labute approximate surface area is 127 Å². The van der Waals surface area contributed by atoms with Gasteiger partial charge in [0.05, 0.1) is 24.7 Å². The van der Waals surface area contributed by atoms with Crippen molar-refractivity contribution >= 4 is 5.78 Å². The van der Waals surface area contributed by atoms with Crippen LogP contribution in [-0.2, 0) is 19.0 Å². The van der Waals surface area contributed by atoms with Crippen LogP contribution in [0, 0.1) is 11.8 Å². The minimum atomic E-state index is -0.473. The van der Waals surface area contributed by atoms with Crippen molar-refractivity contribution in [3.8, 4) is 0 Å². The molecule has 1 saturated heterocycles. The first-order chi connectivity index (χ1) is 9.73. The van der Waals surface area contributed by atoms with E-state index in [0.29, 0.717) is 13.2 Å². The number of ketones is 1. The van der Waals surface area contributed by atoms with E-state index in [1.165, 1.54) is 5.57 Å². The van der Waals surface area contributed by atoms with Crippen LogP contribution < -0.4 is 0 Å². The van der Waals surface area contributed by atoms with Crippen LogP contribution in [0.1, 0.15) is 41.0 Å². The van der Waals surface area contributed by atoms with Crippen molar-refractivity contribution in [1.29, 1.82) is 0 Å². The highest BCUT2D eigenvalue weighted by atomic mass is 16.6. The van der Waals surface area contributed by atoms with Gasteiger partial charge in [-0.3, -0.25) is 4.79 Å². The van der Waals surface area contributed by atoms with E-state index in [0.717, 1.165) is 6.42 Å². The summed E-state index contributed by atoms with van der Waals surface area (Å²) in [4.78, 5) is 12.5. The fraction of sp³-hybridized carbons (Fsp3) is 0.824. The second-order valence-corrected chi connectivity index (χ2v) is 7.19. The second kappa shape index (κ2) is 5.82. The van der Waals surface area contributed by atoms with Crippen molar-refractivity contribution in [3.63, 3.8) is 0 Å². The standard InChI is InChI=1S/C17H28O4/c1-11(2)7-8-20-16(4,5)15-14(19-6)13(18)12(3)9-17(15)10-21-17/h7,12,14-15H,8-10H2,1-6H3/t12-,14-,15-,17+/m1/s1. The highest BCUT2D eigenvalue weighted by molar-refractivity contribution is 5.87. The Bertz CT molecular complexity index is 430. The topological polar surface area (TPSA) is 48.1 Å². The van der Waals surface area contributed by atoms with Gasteiger partial charge in [-0.15, -0.1) is 0 Å². The zero-order valence-corrected chi connectivity index (χ0v) is 14.1. The number of carbonyl (C=O) groups is 1. The molecule has 1 heterocycles. The maximum absolute atomic E-state index is 12.5. The molecule has 0 aromatic carbocycles. The minimum Gasteiger partial charge on any atom is -0.373 e. The second-order valence-electron chi connectivity index (χ2n) is 7.19. The molecule has 4 atom stereocenters. The van der Waals surface area contributed by atoms with Crippen LogP contribution in [0.4, 0.5) is 0 Å². The molecule has 2 aliphatic rings. The lowest BCUT2D eigenvalue weighted by Crippen LogP contribution is -2.58. The van der Waals surface area contributed by atoms with E-state index in [2.05, 4.69) is 6.08 Å². The maximum atomic E-state index is 12.5. The monoisotopic (exact) mass is 296 g/mol. The molecule has 0 aromatic heterocycles. The van der Waals surface area contributed by atoms with Gasteiger partial charge in [0, 0.05) is 13.0 Å². The summed E-state index contributed by atoms with van der Waals surface area (Å²) >= 11 is 0. The summed E-state index contributed by atoms with van der Waals surface area (Å²) in [5, 5.41) is 0. The zero-order valence-electron chi connectivity index (χ0n) is 14.1. The molecule has 120 valence electrons. The number of Topliss-reactive ketones (excluding diaryl/α,β-unsaturated/α-hetero) is 1. The number of hydrogen-bond acceptors (Lipinski definition) is 4. The molecule has 4 nitrogen and oxygen atoms in total. The number of hydrogen-bond donors (Lipinski definition) is 0. The number of methoxy groups -OCH3 is 1. The molecular weight excluding hydrogens is 268 g/mol. The van der Waals surface area contributed by atoms with Crippen molar-refractivity contribution in [2.45, 2.75) is 58.3 Å². The van der Waals surface area contributed by atoms with Crippen LogP contribution in [0.5, 0.6) is 0 Å². The van der Waals surface area contributed by atoms with Crippen molar-refractivity contribution in [2.24, 2.45) is 11.8 Å². The van der Waals surface area contributed by atoms with Crippen LogP contribution >= 0.6 is 0 Å². The minimum absolute atomic E-state index is 0.0118. The fourth-order valence-corrected chi connectivity index (χ4v) is 3.62. The van der Waals surface area contributed by atoms with E-state index in [1.807, 2.05) is 34.6 Å². The Morgan fingerprint density at radius 1 is 1.48 bits per heavy atom. The first-order valence-corrected chi connectivity index (χ1v) is 7.71. The summed E-state index contributed by atoms with van der Waals surface area (Å²) < 4.78 is 17.4. The van der Waals surface area contributed by atoms with Crippen LogP contribution in [0.2, 0.25) is 0 Å². The number of rotatable bonds is 5. The third kappa shape index (κ3) is 3.22. The molecule has 0 radical (unpaired) electrons. The van der Waals surface area contributed by atoms with E-state index in [-0.39, 0.29) is 23.2 Å². The summed E-state index contributed by atoms with van der Waals surface area (Å²) in [7, 11) is 1.61. The Morgan fingerprint density at radius 2 is 2.10 bits per heavy atom. The molecular formula is C17H28O4. The first kappa shape index (κ1) is 16.7. The van der Waals surface area contributed by atoms with E-state index in [9.17, 15) is 4.79 Å². The summed E-state index contributed by atoms with van der Waals surface area (Å²) in [5.41, 5.74) is 0.501. The van der Waals surface area contributed by atoms with Gasteiger partial charge in [0.15, 0.2) is 5.78 Å². The average molecular weight is 296 g/mol. The van der Waals surface area contributed by atoms with Gasteiger partial charge in [-0.05, 0) is 34.1 Å². The largest absolute Gasteiger partial charge is 0.373 e. The lowest BCUT2D eigenvalue weighted by atomic mass is 9.65. The Balaban J connectivity index is 2.21. The highest BCUT2D eigenvalue weighted by Crippen LogP contribution is 2.52. The lowest BCUT2D eigenvalue weighted by molar-refractivity contribution is -0.167. The third-order valence-corrected chi connectivity index (χ3v) is 4.75. The zero-order chi connectivity index (χ0) is 15.8. The molecule has 2 fully saturated rings. The van der Waals surface area contributed by atoms with Crippen LogP contribution in [0.25, 0.3) is 0 Å². The van der Waals surface area contributed by atoms with Gasteiger partial charge in [-0.1, -0.05) is 18.6 Å². The van der Waals surface area contributed by atoms with Gasteiger partial charge in [-0.25, -0.2) is 0 Å². The predicted octanol–water partition coefficient (Wildman–Crippen LogP) is 2.76. The molecule has 0 bridgehead atoms. The van der Waals surface area contributed by atoms with Crippen molar-refractivity contribution in [2.75, 3.05) is 20.3 Å². The van der Waals surface area contributed by atoms with Gasteiger partial charge < -0.3 is 14.2 Å². The summed E-state index contributed by atoms with van der Waals surface area (Å²) in [6.45, 7) is 11.4. The fourth-order valence-electron chi connectivity index (χ4n) is 3.62. The molecule has 1 saturated carbocycles. The molecule has 0 amide bonds. The normalized spacial score (nSPS) is 35.9. The van der Waals surface area contributed by atoms with Crippen molar-refractivity contribution in [1.82, 2.24) is 0 Å². The number of allylic oxidation sites excluding steroid dienone is 1. The first-order valence-electron chi connectivity index (χ1n) is 7.71. The van der Waals surface area contributed by atoms with E-state index in [1.54, 1.807) is 7.11 Å². The van der Waals surface area contributed by atoms with E-state index >= 15 is 0 Å². The Hall–Kier alpha value is -0.710. The molecule has 1 aliphatic heterocycles. The maximum Gasteiger partial charge on any atom is 0.164 e. The molecule has 4 heteroatoms.